The van der Waals surface area contributed by atoms with Gasteiger partial charge in [0.1, 0.15) is 0 Å². The van der Waals surface area contributed by atoms with Crippen LogP contribution in [0, 0.1) is 10.1 Å². The highest BCUT2D eigenvalue weighted by Gasteiger charge is 2.35. The Kier molecular flexibility index (Phi) is 5.55. The summed E-state index contributed by atoms with van der Waals surface area (Å²) >= 11 is 0.818. The lowest BCUT2D eigenvalue weighted by molar-refractivity contribution is -0.384. The Morgan fingerprint density at radius 2 is 1.79 bits per heavy atom. The van der Waals surface area contributed by atoms with Gasteiger partial charge in [-0.3, -0.25) is 24.6 Å². The Labute approximate surface area is 163 Å². The number of nitro groups is 1. The molecule has 1 aliphatic heterocycles. The molecule has 2 aromatic carbocycles. The number of hydrogen-bond donors (Lipinski definition) is 0. The number of non-ortho nitro benzene ring substituents is 1. The molecule has 0 aliphatic carbocycles. The molecule has 28 heavy (non-hydrogen) atoms. The number of amides is 2. The number of esters is 1. The number of carbonyl (C=O) groups excluding carboxylic acids is 3. The van der Waals surface area contributed by atoms with Crippen LogP contribution >= 0.6 is 11.8 Å². The summed E-state index contributed by atoms with van der Waals surface area (Å²) < 4.78 is 4.63. The Balaban J connectivity index is 1.74. The van der Waals surface area contributed by atoms with Crippen LogP contribution in [0.15, 0.2) is 53.4 Å². The summed E-state index contributed by atoms with van der Waals surface area (Å²) in [5, 5.41) is 10.3. The number of benzene rings is 2. The van der Waals surface area contributed by atoms with Crippen molar-refractivity contribution in [2.24, 2.45) is 0 Å². The molecule has 0 spiro atoms. The first-order valence-corrected chi connectivity index (χ1v) is 8.88. The standard InChI is InChI=1S/C19H14N2O6S/c1-27-18(23)14-6-2-12(3-7-14)10-16-17(22)20(19(24)28-16)11-13-4-8-15(9-5-13)21(25)26/h2-10H,11H2,1H3/b16-10+. The number of hydrogen-bond acceptors (Lipinski definition) is 7. The maximum absolute atomic E-state index is 12.6. The number of nitro benzene ring substituents is 1. The van der Waals surface area contributed by atoms with Crippen molar-refractivity contribution in [3.8, 4) is 0 Å². The minimum atomic E-state index is -0.516. The molecule has 0 atom stereocenters. The van der Waals surface area contributed by atoms with Crippen LogP contribution in [-0.4, -0.2) is 34.0 Å². The normalized spacial score (nSPS) is 15.2. The van der Waals surface area contributed by atoms with Crippen molar-refractivity contribution in [2.45, 2.75) is 6.54 Å². The Bertz CT molecular complexity index is 982. The number of nitrogens with zero attached hydrogens (tertiary/aromatic N) is 2. The van der Waals surface area contributed by atoms with Crippen molar-refractivity contribution in [2.75, 3.05) is 7.11 Å². The van der Waals surface area contributed by atoms with Crippen LogP contribution in [0.1, 0.15) is 21.5 Å². The fourth-order valence-electron chi connectivity index (χ4n) is 2.53. The van der Waals surface area contributed by atoms with Gasteiger partial charge in [-0.15, -0.1) is 0 Å². The van der Waals surface area contributed by atoms with Gasteiger partial charge >= 0.3 is 5.97 Å². The molecule has 1 heterocycles. The average molecular weight is 398 g/mol. The van der Waals surface area contributed by atoms with Crippen LogP contribution in [0.3, 0.4) is 0 Å². The lowest BCUT2D eigenvalue weighted by Gasteiger charge is -2.12. The Morgan fingerprint density at radius 1 is 1.14 bits per heavy atom. The number of carbonyl (C=O) groups is 3. The predicted molar refractivity (Wildman–Crippen MR) is 102 cm³/mol. The molecular weight excluding hydrogens is 384 g/mol. The SMILES string of the molecule is COC(=O)c1ccc(/C=C2/SC(=O)N(Cc3ccc([N+](=O)[O-])cc3)C2=O)cc1. The van der Waals surface area contributed by atoms with Gasteiger partial charge in [0.05, 0.1) is 29.0 Å². The lowest BCUT2D eigenvalue weighted by Crippen LogP contribution is -2.27. The second kappa shape index (κ2) is 8.05. The van der Waals surface area contributed by atoms with E-state index in [0.717, 1.165) is 16.7 Å². The topological polar surface area (TPSA) is 107 Å². The highest BCUT2D eigenvalue weighted by Crippen LogP contribution is 2.33. The van der Waals surface area contributed by atoms with Crippen molar-refractivity contribution >= 4 is 40.6 Å². The molecule has 0 unspecified atom stereocenters. The van der Waals surface area contributed by atoms with E-state index in [-0.39, 0.29) is 17.1 Å². The lowest BCUT2D eigenvalue weighted by atomic mass is 10.1. The van der Waals surface area contributed by atoms with E-state index in [2.05, 4.69) is 4.74 Å². The summed E-state index contributed by atoms with van der Waals surface area (Å²) in [5.41, 5.74) is 1.59. The zero-order valence-electron chi connectivity index (χ0n) is 14.7. The van der Waals surface area contributed by atoms with E-state index in [4.69, 9.17) is 0 Å². The maximum atomic E-state index is 12.6. The second-order valence-corrected chi connectivity index (χ2v) is 6.80. The molecule has 1 aliphatic rings. The first kappa shape index (κ1) is 19.3. The van der Waals surface area contributed by atoms with Gasteiger partial charge in [0.2, 0.25) is 0 Å². The molecule has 1 fully saturated rings. The fraction of sp³-hybridized carbons (Fsp3) is 0.105. The van der Waals surface area contributed by atoms with Crippen molar-refractivity contribution in [3.05, 3.63) is 80.2 Å². The van der Waals surface area contributed by atoms with E-state index in [0.29, 0.717) is 16.7 Å². The summed E-state index contributed by atoms with van der Waals surface area (Å²) in [6, 6.07) is 12.1. The number of methoxy groups -OCH3 is 1. The summed E-state index contributed by atoms with van der Waals surface area (Å²) in [7, 11) is 1.29. The average Bonchev–Trinajstić information content (AvgIpc) is 2.95. The molecule has 0 bridgehead atoms. The minimum absolute atomic E-state index is 0.0290. The molecule has 0 aromatic heterocycles. The molecule has 142 valence electrons. The van der Waals surface area contributed by atoms with Gasteiger partial charge in [-0.05, 0) is 41.1 Å². The predicted octanol–water partition coefficient (Wildman–Crippen LogP) is 3.62. The van der Waals surface area contributed by atoms with Gasteiger partial charge in [-0.25, -0.2) is 4.79 Å². The maximum Gasteiger partial charge on any atom is 0.337 e. The summed E-state index contributed by atoms with van der Waals surface area (Å²) in [5.74, 6) is -0.902. The highest BCUT2D eigenvalue weighted by molar-refractivity contribution is 8.18. The first-order valence-electron chi connectivity index (χ1n) is 8.06. The van der Waals surface area contributed by atoms with Crippen LogP contribution in [-0.2, 0) is 16.1 Å². The van der Waals surface area contributed by atoms with Crippen LogP contribution in [0.4, 0.5) is 10.5 Å². The number of thioether (sulfide) groups is 1. The summed E-state index contributed by atoms with van der Waals surface area (Å²) in [4.78, 5) is 47.7. The van der Waals surface area contributed by atoms with E-state index in [1.807, 2.05) is 0 Å². The highest BCUT2D eigenvalue weighted by atomic mass is 32.2. The largest absolute Gasteiger partial charge is 0.465 e. The van der Waals surface area contributed by atoms with E-state index < -0.39 is 22.0 Å². The zero-order chi connectivity index (χ0) is 20.3. The summed E-state index contributed by atoms with van der Waals surface area (Å²) in [6.07, 6.45) is 1.57. The molecule has 0 N–H and O–H groups in total. The van der Waals surface area contributed by atoms with Crippen LogP contribution in [0.5, 0.6) is 0 Å². The third kappa shape index (κ3) is 4.09. The molecule has 2 amide bonds. The number of imide groups is 1. The Hall–Kier alpha value is -3.46. The third-order valence-corrected chi connectivity index (χ3v) is 4.90. The fourth-order valence-corrected chi connectivity index (χ4v) is 3.36. The molecule has 1 saturated heterocycles. The van der Waals surface area contributed by atoms with E-state index in [1.165, 1.54) is 31.4 Å². The van der Waals surface area contributed by atoms with Gasteiger partial charge < -0.3 is 4.74 Å². The third-order valence-electron chi connectivity index (χ3n) is 3.99. The molecule has 8 nitrogen and oxygen atoms in total. The zero-order valence-corrected chi connectivity index (χ0v) is 15.5. The van der Waals surface area contributed by atoms with Crippen LogP contribution in [0.2, 0.25) is 0 Å². The van der Waals surface area contributed by atoms with Crippen molar-refractivity contribution in [1.29, 1.82) is 0 Å². The molecular formula is C19H14N2O6S. The second-order valence-electron chi connectivity index (χ2n) is 5.81. The number of ether oxygens (including phenoxy) is 1. The van der Waals surface area contributed by atoms with Crippen LogP contribution in [0.25, 0.3) is 6.08 Å². The monoisotopic (exact) mass is 398 g/mol. The van der Waals surface area contributed by atoms with Crippen molar-refractivity contribution < 1.29 is 24.0 Å². The Morgan fingerprint density at radius 3 is 2.36 bits per heavy atom. The number of rotatable bonds is 5. The first-order chi connectivity index (χ1) is 13.4. The molecule has 3 rings (SSSR count). The smallest absolute Gasteiger partial charge is 0.337 e. The van der Waals surface area contributed by atoms with Gasteiger partial charge in [0.25, 0.3) is 16.8 Å². The molecule has 9 heteroatoms. The van der Waals surface area contributed by atoms with Crippen molar-refractivity contribution in [3.63, 3.8) is 0 Å². The molecule has 2 aromatic rings. The summed E-state index contributed by atoms with van der Waals surface area (Å²) in [6.45, 7) is 0.0290. The van der Waals surface area contributed by atoms with Crippen LogP contribution < -0.4 is 0 Å². The van der Waals surface area contributed by atoms with E-state index >= 15 is 0 Å². The quantitative estimate of drug-likeness (QED) is 0.328. The van der Waals surface area contributed by atoms with Gasteiger partial charge in [0, 0.05) is 12.1 Å². The van der Waals surface area contributed by atoms with Gasteiger partial charge in [-0.2, -0.15) is 0 Å². The van der Waals surface area contributed by atoms with Gasteiger partial charge in [0.15, 0.2) is 0 Å². The van der Waals surface area contributed by atoms with E-state index in [9.17, 15) is 24.5 Å². The van der Waals surface area contributed by atoms with Crippen molar-refractivity contribution in [1.82, 2.24) is 4.90 Å². The minimum Gasteiger partial charge on any atom is -0.465 e. The molecule has 0 radical (unpaired) electrons. The molecule has 0 saturated carbocycles. The van der Waals surface area contributed by atoms with E-state index in [1.54, 1.807) is 30.3 Å². The van der Waals surface area contributed by atoms with Gasteiger partial charge in [-0.1, -0.05) is 24.3 Å².